The number of nitrogens with zero attached hydrogens (tertiary/aromatic N) is 2. The highest BCUT2D eigenvalue weighted by atomic mass is 35.5. The number of benzene rings is 3. The standard InChI is InChI=1S/C24H18Cl2N4O3S/c25-21-10-3-16(13-22(21)26)15-1-8-19(9-2-15)34(31,32)29-17-4-6-18(7-5-17)30-14-28-24-20(23(30)27)11-12-33-24/h1-14,23,29H,27H2. The molecular formula is C24H18Cl2N4O3S. The van der Waals surface area contributed by atoms with Gasteiger partial charge in [0.25, 0.3) is 10.0 Å². The van der Waals surface area contributed by atoms with Crippen LogP contribution in [0.4, 0.5) is 17.3 Å². The highest BCUT2D eigenvalue weighted by Gasteiger charge is 2.24. The predicted molar refractivity (Wildman–Crippen MR) is 135 cm³/mol. The van der Waals surface area contributed by atoms with E-state index in [-0.39, 0.29) is 4.90 Å². The molecule has 0 spiro atoms. The number of furan rings is 1. The Hall–Kier alpha value is -3.30. The second-order valence-corrected chi connectivity index (χ2v) is 10.1. The molecule has 2 heterocycles. The molecular weight excluding hydrogens is 495 g/mol. The van der Waals surface area contributed by atoms with Crippen LogP contribution in [0.15, 0.2) is 93.4 Å². The summed E-state index contributed by atoms with van der Waals surface area (Å²) in [5, 5.41) is 0.892. The van der Waals surface area contributed by atoms with Crippen molar-refractivity contribution in [3.63, 3.8) is 0 Å². The predicted octanol–water partition coefficient (Wildman–Crippen LogP) is 6.19. The number of anilines is 2. The van der Waals surface area contributed by atoms with Crippen molar-refractivity contribution < 1.29 is 12.8 Å². The van der Waals surface area contributed by atoms with Crippen LogP contribution < -0.4 is 15.4 Å². The van der Waals surface area contributed by atoms with Crippen molar-refractivity contribution in [3.05, 3.63) is 94.7 Å². The van der Waals surface area contributed by atoms with Gasteiger partial charge < -0.3 is 15.1 Å². The number of hydrogen-bond donors (Lipinski definition) is 2. The summed E-state index contributed by atoms with van der Waals surface area (Å²) in [5.41, 5.74) is 9.92. The molecule has 3 N–H and O–H groups in total. The summed E-state index contributed by atoms with van der Waals surface area (Å²) in [7, 11) is -3.78. The minimum atomic E-state index is -3.78. The normalized spacial score (nSPS) is 15.3. The lowest BCUT2D eigenvalue weighted by Crippen LogP contribution is -2.35. The third-order valence-corrected chi connectivity index (χ3v) is 7.56. The lowest BCUT2D eigenvalue weighted by molar-refractivity contribution is 0.567. The van der Waals surface area contributed by atoms with E-state index in [0.29, 0.717) is 21.6 Å². The van der Waals surface area contributed by atoms with Gasteiger partial charge in [-0.2, -0.15) is 0 Å². The van der Waals surface area contributed by atoms with Crippen LogP contribution in [0, 0.1) is 0 Å². The largest absolute Gasteiger partial charge is 0.446 e. The Morgan fingerprint density at radius 2 is 1.62 bits per heavy atom. The average Bonchev–Trinajstić information content (AvgIpc) is 3.32. The molecule has 5 rings (SSSR count). The second-order valence-electron chi connectivity index (χ2n) is 7.58. The zero-order valence-corrected chi connectivity index (χ0v) is 19.8. The number of rotatable bonds is 5. The van der Waals surface area contributed by atoms with E-state index in [9.17, 15) is 8.42 Å². The van der Waals surface area contributed by atoms with Crippen molar-refractivity contribution in [3.8, 4) is 11.1 Å². The molecule has 1 unspecified atom stereocenters. The van der Waals surface area contributed by atoms with Gasteiger partial charge in [0.15, 0.2) is 0 Å². The Morgan fingerprint density at radius 3 is 2.32 bits per heavy atom. The number of nitrogens with two attached hydrogens (primary N) is 1. The highest BCUT2D eigenvalue weighted by molar-refractivity contribution is 7.92. The van der Waals surface area contributed by atoms with Crippen molar-refractivity contribution in [2.45, 2.75) is 11.1 Å². The second kappa shape index (κ2) is 8.81. The molecule has 0 fully saturated rings. The minimum absolute atomic E-state index is 0.137. The quantitative estimate of drug-likeness (QED) is 0.331. The maximum atomic E-state index is 12.9. The first-order chi connectivity index (χ1) is 16.3. The van der Waals surface area contributed by atoms with Crippen LogP contribution in [0.2, 0.25) is 10.0 Å². The topological polar surface area (TPSA) is 101 Å². The molecule has 10 heteroatoms. The number of halogens is 2. The molecule has 3 aromatic carbocycles. The molecule has 1 aliphatic rings. The van der Waals surface area contributed by atoms with Gasteiger partial charge in [0, 0.05) is 11.4 Å². The van der Waals surface area contributed by atoms with E-state index in [2.05, 4.69) is 9.71 Å². The van der Waals surface area contributed by atoms with E-state index < -0.39 is 16.2 Å². The van der Waals surface area contributed by atoms with E-state index in [1.807, 2.05) is 6.07 Å². The summed E-state index contributed by atoms with van der Waals surface area (Å²) >= 11 is 12.1. The van der Waals surface area contributed by atoms with Gasteiger partial charge in [0.1, 0.15) is 12.5 Å². The average molecular weight is 513 g/mol. The molecule has 0 aliphatic carbocycles. The van der Waals surface area contributed by atoms with Gasteiger partial charge in [-0.1, -0.05) is 41.4 Å². The number of hydrogen-bond acceptors (Lipinski definition) is 6. The molecule has 0 amide bonds. The van der Waals surface area contributed by atoms with Crippen molar-refractivity contribution in [1.29, 1.82) is 0 Å². The van der Waals surface area contributed by atoms with Crippen molar-refractivity contribution in [2.24, 2.45) is 10.7 Å². The molecule has 1 aliphatic heterocycles. The van der Waals surface area contributed by atoms with Gasteiger partial charge >= 0.3 is 0 Å². The van der Waals surface area contributed by atoms with Crippen LogP contribution >= 0.6 is 23.2 Å². The molecule has 1 aromatic heterocycles. The van der Waals surface area contributed by atoms with Gasteiger partial charge in [-0.25, -0.2) is 13.4 Å². The molecule has 4 aromatic rings. The number of aliphatic imine (C=N–C) groups is 1. The fraction of sp³-hybridized carbons (Fsp3) is 0.0417. The molecule has 172 valence electrons. The zero-order chi connectivity index (χ0) is 23.9. The summed E-state index contributed by atoms with van der Waals surface area (Å²) in [6.07, 6.45) is 2.67. The Labute approximate surface area is 206 Å². The summed E-state index contributed by atoms with van der Waals surface area (Å²) < 4.78 is 33.6. The Morgan fingerprint density at radius 1 is 0.912 bits per heavy atom. The lowest BCUT2D eigenvalue weighted by atomic mass is 10.1. The van der Waals surface area contributed by atoms with Gasteiger partial charge in [-0.05, 0) is 65.7 Å². The van der Waals surface area contributed by atoms with E-state index in [0.717, 1.165) is 22.4 Å². The van der Waals surface area contributed by atoms with Gasteiger partial charge in [-0.15, -0.1) is 0 Å². The monoisotopic (exact) mass is 512 g/mol. The van der Waals surface area contributed by atoms with Gasteiger partial charge in [0.05, 0.1) is 26.8 Å². The molecule has 34 heavy (non-hydrogen) atoms. The van der Waals surface area contributed by atoms with Crippen LogP contribution in [0.3, 0.4) is 0 Å². The van der Waals surface area contributed by atoms with Crippen LogP contribution in [-0.4, -0.2) is 14.8 Å². The molecule has 0 saturated heterocycles. The van der Waals surface area contributed by atoms with Crippen LogP contribution in [0.25, 0.3) is 11.1 Å². The number of fused-ring (bicyclic) bond motifs is 1. The molecule has 7 nitrogen and oxygen atoms in total. The first kappa shape index (κ1) is 22.5. The van der Waals surface area contributed by atoms with Gasteiger partial charge in [-0.3, -0.25) is 4.72 Å². The SMILES string of the molecule is NC1c2ccoc2N=CN1c1ccc(NS(=O)(=O)c2ccc(-c3ccc(Cl)c(Cl)c3)cc2)cc1. The van der Waals surface area contributed by atoms with Crippen molar-refractivity contribution in [2.75, 3.05) is 9.62 Å². The van der Waals surface area contributed by atoms with Gasteiger partial charge in [0.2, 0.25) is 5.88 Å². The molecule has 1 atom stereocenters. The summed E-state index contributed by atoms with van der Waals surface area (Å²) in [6.45, 7) is 0. The first-order valence-corrected chi connectivity index (χ1v) is 12.4. The number of nitrogens with one attached hydrogen (secondary N) is 1. The summed E-state index contributed by atoms with van der Waals surface area (Å²) in [4.78, 5) is 6.16. The Kier molecular flexibility index (Phi) is 5.83. The number of sulfonamides is 1. The van der Waals surface area contributed by atoms with E-state index in [1.54, 1.807) is 84.2 Å². The molecule has 0 saturated carbocycles. The van der Waals surface area contributed by atoms with Crippen LogP contribution in [-0.2, 0) is 10.0 Å². The lowest BCUT2D eigenvalue weighted by Gasteiger charge is -2.29. The molecule has 0 bridgehead atoms. The van der Waals surface area contributed by atoms with E-state index in [1.165, 1.54) is 0 Å². The third-order valence-electron chi connectivity index (χ3n) is 5.43. The van der Waals surface area contributed by atoms with Crippen molar-refractivity contribution >= 4 is 56.8 Å². The maximum absolute atomic E-state index is 12.9. The Balaban J connectivity index is 1.31. The first-order valence-electron chi connectivity index (χ1n) is 10.2. The smallest absolute Gasteiger partial charge is 0.261 e. The minimum Gasteiger partial charge on any atom is -0.446 e. The zero-order valence-electron chi connectivity index (χ0n) is 17.5. The molecule has 0 radical (unpaired) electrons. The summed E-state index contributed by atoms with van der Waals surface area (Å²) in [5.74, 6) is 0.485. The summed E-state index contributed by atoms with van der Waals surface area (Å²) in [6, 6.07) is 20.4. The Bertz CT molecular complexity index is 1480. The van der Waals surface area contributed by atoms with E-state index >= 15 is 0 Å². The van der Waals surface area contributed by atoms with Crippen LogP contribution in [0.5, 0.6) is 0 Å². The third kappa shape index (κ3) is 4.28. The van der Waals surface area contributed by atoms with E-state index in [4.69, 9.17) is 33.4 Å². The van der Waals surface area contributed by atoms with Crippen molar-refractivity contribution in [1.82, 2.24) is 0 Å². The highest BCUT2D eigenvalue weighted by Crippen LogP contribution is 2.34. The fourth-order valence-electron chi connectivity index (χ4n) is 3.62. The fourth-order valence-corrected chi connectivity index (χ4v) is 4.98. The maximum Gasteiger partial charge on any atom is 0.261 e. The van der Waals surface area contributed by atoms with Crippen LogP contribution in [0.1, 0.15) is 11.7 Å².